The predicted molar refractivity (Wildman–Crippen MR) is 67.7 cm³/mol. The number of para-hydroxylation sites is 1. The van der Waals surface area contributed by atoms with Crippen molar-refractivity contribution in [2.75, 3.05) is 13.7 Å². The van der Waals surface area contributed by atoms with Gasteiger partial charge in [0.25, 0.3) is 0 Å². The van der Waals surface area contributed by atoms with E-state index < -0.39 is 0 Å². The van der Waals surface area contributed by atoms with Gasteiger partial charge in [0.1, 0.15) is 5.75 Å². The molecule has 1 aromatic carbocycles. The molecule has 3 heteroatoms. The summed E-state index contributed by atoms with van der Waals surface area (Å²) < 4.78 is 5.33. The molecular formula is C13H22N2O. The van der Waals surface area contributed by atoms with E-state index in [1.54, 1.807) is 7.11 Å². The second kappa shape index (κ2) is 6.51. The average Bonchev–Trinajstić information content (AvgIpc) is 2.35. The van der Waals surface area contributed by atoms with Crippen molar-refractivity contribution in [3.8, 4) is 5.75 Å². The van der Waals surface area contributed by atoms with Crippen molar-refractivity contribution in [2.24, 2.45) is 5.73 Å². The lowest BCUT2D eigenvalue weighted by Crippen LogP contribution is -2.34. The van der Waals surface area contributed by atoms with E-state index in [0.717, 1.165) is 18.7 Å². The van der Waals surface area contributed by atoms with Crippen LogP contribution in [0, 0.1) is 0 Å². The molecule has 0 radical (unpaired) electrons. The Morgan fingerprint density at radius 1 is 1.38 bits per heavy atom. The third kappa shape index (κ3) is 3.51. The fourth-order valence-corrected chi connectivity index (χ4v) is 1.61. The highest BCUT2D eigenvalue weighted by Gasteiger charge is 2.10. The van der Waals surface area contributed by atoms with Gasteiger partial charge in [0.2, 0.25) is 0 Å². The summed E-state index contributed by atoms with van der Waals surface area (Å²) in [5, 5.41) is 3.42. The van der Waals surface area contributed by atoms with Gasteiger partial charge in [-0.2, -0.15) is 0 Å². The molecule has 0 saturated heterocycles. The number of nitrogens with one attached hydrogen (secondary N) is 1. The molecule has 0 amide bonds. The van der Waals surface area contributed by atoms with Gasteiger partial charge in [0.15, 0.2) is 0 Å². The standard InChI is InChI=1S/C13H22N2O/c1-4-11(14)9-15-10(2)12-7-5-6-8-13(12)16-3/h5-8,10-11,15H,4,9,14H2,1-3H3/t10-,11?/m0/s1. The second-order valence-electron chi connectivity index (χ2n) is 4.04. The first-order valence-corrected chi connectivity index (χ1v) is 5.80. The van der Waals surface area contributed by atoms with E-state index in [1.165, 1.54) is 5.56 Å². The van der Waals surface area contributed by atoms with Crippen LogP contribution in [0.3, 0.4) is 0 Å². The third-order valence-corrected chi connectivity index (χ3v) is 2.82. The van der Waals surface area contributed by atoms with Crippen molar-refractivity contribution >= 4 is 0 Å². The molecule has 16 heavy (non-hydrogen) atoms. The Labute approximate surface area is 98.0 Å². The van der Waals surface area contributed by atoms with Gasteiger partial charge >= 0.3 is 0 Å². The Morgan fingerprint density at radius 2 is 2.06 bits per heavy atom. The minimum absolute atomic E-state index is 0.220. The van der Waals surface area contributed by atoms with Crippen LogP contribution in [0.5, 0.6) is 5.75 Å². The van der Waals surface area contributed by atoms with Gasteiger partial charge in [0.05, 0.1) is 7.11 Å². The molecule has 0 aliphatic heterocycles. The smallest absolute Gasteiger partial charge is 0.123 e. The van der Waals surface area contributed by atoms with Crippen LogP contribution in [0.25, 0.3) is 0 Å². The second-order valence-corrected chi connectivity index (χ2v) is 4.04. The normalized spacial score (nSPS) is 14.5. The van der Waals surface area contributed by atoms with Crippen LogP contribution in [0.15, 0.2) is 24.3 Å². The zero-order chi connectivity index (χ0) is 12.0. The van der Waals surface area contributed by atoms with Crippen LogP contribution in [0.2, 0.25) is 0 Å². The number of ether oxygens (including phenoxy) is 1. The number of hydrogen-bond donors (Lipinski definition) is 2. The van der Waals surface area contributed by atoms with Crippen LogP contribution in [-0.4, -0.2) is 19.7 Å². The summed E-state index contributed by atoms with van der Waals surface area (Å²) in [6.45, 7) is 5.05. The van der Waals surface area contributed by atoms with Crippen LogP contribution < -0.4 is 15.8 Å². The van der Waals surface area contributed by atoms with Gasteiger partial charge in [-0.05, 0) is 19.4 Å². The van der Waals surface area contributed by atoms with E-state index >= 15 is 0 Å². The van der Waals surface area contributed by atoms with Crippen molar-refractivity contribution in [1.29, 1.82) is 0 Å². The summed E-state index contributed by atoms with van der Waals surface area (Å²) in [5.41, 5.74) is 7.05. The van der Waals surface area contributed by atoms with E-state index in [-0.39, 0.29) is 12.1 Å². The summed E-state index contributed by atoms with van der Waals surface area (Å²) in [6, 6.07) is 8.54. The topological polar surface area (TPSA) is 47.3 Å². The van der Waals surface area contributed by atoms with Crippen molar-refractivity contribution in [3.63, 3.8) is 0 Å². The Bertz CT molecular complexity index is 315. The molecule has 1 unspecified atom stereocenters. The van der Waals surface area contributed by atoms with E-state index in [9.17, 15) is 0 Å². The highest BCUT2D eigenvalue weighted by Crippen LogP contribution is 2.23. The van der Waals surface area contributed by atoms with Gasteiger partial charge in [-0.1, -0.05) is 25.1 Å². The zero-order valence-electron chi connectivity index (χ0n) is 10.4. The number of methoxy groups -OCH3 is 1. The first-order valence-electron chi connectivity index (χ1n) is 5.80. The highest BCUT2D eigenvalue weighted by atomic mass is 16.5. The summed E-state index contributed by atoms with van der Waals surface area (Å²) >= 11 is 0. The SMILES string of the molecule is CCC(N)CN[C@@H](C)c1ccccc1OC. The maximum Gasteiger partial charge on any atom is 0.123 e. The molecule has 0 heterocycles. The van der Waals surface area contributed by atoms with Gasteiger partial charge in [-0.25, -0.2) is 0 Å². The molecule has 2 atom stereocenters. The van der Waals surface area contributed by atoms with Crippen molar-refractivity contribution < 1.29 is 4.74 Å². The molecular weight excluding hydrogens is 200 g/mol. The van der Waals surface area contributed by atoms with E-state index in [0.29, 0.717) is 0 Å². The lowest BCUT2D eigenvalue weighted by atomic mass is 10.1. The van der Waals surface area contributed by atoms with E-state index in [1.807, 2.05) is 18.2 Å². The van der Waals surface area contributed by atoms with Crippen molar-refractivity contribution in [2.45, 2.75) is 32.4 Å². The molecule has 90 valence electrons. The van der Waals surface area contributed by atoms with Gasteiger partial charge in [-0.15, -0.1) is 0 Å². The Kier molecular flexibility index (Phi) is 5.29. The molecule has 0 spiro atoms. The molecule has 0 aromatic heterocycles. The number of nitrogens with two attached hydrogens (primary N) is 1. The van der Waals surface area contributed by atoms with Crippen molar-refractivity contribution in [3.05, 3.63) is 29.8 Å². The minimum atomic E-state index is 0.220. The summed E-state index contributed by atoms with van der Waals surface area (Å²) in [5.74, 6) is 0.924. The minimum Gasteiger partial charge on any atom is -0.496 e. The maximum absolute atomic E-state index is 5.88. The van der Waals surface area contributed by atoms with Crippen LogP contribution in [0.1, 0.15) is 31.9 Å². The van der Waals surface area contributed by atoms with Crippen LogP contribution >= 0.6 is 0 Å². The molecule has 0 aliphatic carbocycles. The largest absolute Gasteiger partial charge is 0.496 e. The fourth-order valence-electron chi connectivity index (χ4n) is 1.61. The average molecular weight is 222 g/mol. The zero-order valence-corrected chi connectivity index (χ0v) is 10.4. The first-order chi connectivity index (χ1) is 7.69. The molecule has 0 bridgehead atoms. The lowest BCUT2D eigenvalue weighted by Gasteiger charge is -2.19. The summed E-state index contributed by atoms with van der Waals surface area (Å²) in [4.78, 5) is 0. The van der Waals surface area contributed by atoms with Crippen LogP contribution in [0.4, 0.5) is 0 Å². The van der Waals surface area contributed by atoms with Gasteiger partial charge < -0.3 is 15.8 Å². The highest BCUT2D eigenvalue weighted by molar-refractivity contribution is 5.35. The quantitative estimate of drug-likeness (QED) is 0.774. The maximum atomic E-state index is 5.88. The molecule has 3 N–H and O–H groups in total. The molecule has 1 rings (SSSR count). The molecule has 0 fully saturated rings. The molecule has 3 nitrogen and oxygen atoms in total. The van der Waals surface area contributed by atoms with E-state index in [4.69, 9.17) is 10.5 Å². The summed E-state index contributed by atoms with van der Waals surface area (Å²) in [7, 11) is 1.70. The van der Waals surface area contributed by atoms with Gasteiger partial charge in [0, 0.05) is 24.2 Å². The predicted octanol–water partition coefficient (Wildman–Crippen LogP) is 2.08. The Morgan fingerprint density at radius 3 is 2.69 bits per heavy atom. The lowest BCUT2D eigenvalue weighted by molar-refractivity contribution is 0.399. The number of benzene rings is 1. The molecule has 1 aromatic rings. The number of hydrogen-bond acceptors (Lipinski definition) is 3. The fraction of sp³-hybridized carbons (Fsp3) is 0.538. The van der Waals surface area contributed by atoms with Gasteiger partial charge in [-0.3, -0.25) is 0 Å². The molecule has 0 aliphatic rings. The monoisotopic (exact) mass is 222 g/mol. The number of rotatable bonds is 6. The van der Waals surface area contributed by atoms with Crippen molar-refractivity contribution in [1.82, 2.24) is 5.32 Å². The Hall–Kier alpha value is -1.06. The summed E-state index contributed by atoms with van der Waals surface area (Å²) in [6.07, 6.45) is 0.992. The Balaban J connectivity index is 2.61. The van der Waals surface area contributed by atoms with E-state index in [2.05, 4.69) is 25.2 Å². The van der Waals surface area contributed by atoms with Crippen LogP contribution in [-0.2, 0) is 0 Å². The first kappa shape index (κ1) is 13.0. The molecule has 0 saturated carbocycles. The third-order valence-electron chi connectivity index (χ3n) is 2.82.